The van der Waals surface area contributed by atoms with Gasteiger partial charge in [0.15, 0.2) is 11.5 Å². The van der Waals surface area contributed by atoms with Crippen LogP contribution in [0.4, 0.5) is 0 Å². The Balaban J connectivity index is 2.19. The van der Waals surface area contributed by atoms with Gasteiger partial charge in [0.1, 0.15) is 5.75 Å². The van der Waals surface area contributed by atoms with Crippen molar-refractivity contribution in [2.75, 3.05) is 14.2 Å². The SMILES string of the molecule is COc1ccc(Br)c(C(=O)NC(C)c2ccc(OC(C)C)c(OC)c2)c1. The van der Waals surface area contributed by atoms with Crippen molar-refractivity contribution in [2.24, 2.45) is 0 Å². The van der Waals surface area contributed by atoms with Gasteiger partial charge in [-0.05, 0) is 72.6 Å². The lowest BCUT2D eigenvalue weighted by atomic mass is 10.1. The van der Waals surface area contributed by atoms with Crippen LogP contribution in [0, 0.1) is 0 Å². The minimum absolute atomic E-state index is 0.0530. The largest absolute Gasteiger partial charge is 0.497 e. The molecule has 0 aliphatic rings. The van der Waals surface area contributed by atoms with Gasteiger partial charge in [0.05, 0.1) is 31.9 Å². The van der Waals surface area contributed by atoms with Crippen LogP contribution < -0.4 is 19.5 Å². The Bertz CT molecular complexity index is 776. The second-order valence-corrected chi connectivity index (χ2v) is 6.97. The topological polar surface area (TPSA) is 56.8 Å². The van der Waals surface area contributed by atoms with E-state index in [0.29, 0.717) is 27.3 Å². The molecule has 0 bridgehead atoms. The number of nitrogens with one attached hydrogen (secondary N) is 1. The molecular weight excluding hydrogens is 398 g/mol. The number of halogens is 1. The molecule has 0 heterocycles. The fourth-order valence-electron chi connectivity index (χ4n) is 2.47. The molecule has 140 valence electrons. The molecule has 1 unspecified atom stereocenters. The first kappa shape index (κ1) is 20.1. The molecule has 0 aliphatic carbocycles. The standard InChI is InChI=1S/C20H24BrNO4/c1-12(2)26-18-9-6-14(10-19(18)25-5)13(3)22-20(23)16-11-15(24-4)7-8-17(16)21/h6-13H,1-5H3,(H,22,23). The van der Waals surface area contributed by atoms with Crippen molar-refractivity contribution in [1.82, 2.24) is 5.32 Å². The van der Waals surface area contributed by atoms with Crippen LogP contribution in [-0.4, -0.2) is 26.2 Å². The van der Waals surface area contributed by atoms with Crippen molar-refractivity contribution in [2.45, 2.75) is 32.9 Å². The summed E-state index contributed by atoms with van der Waals surface area (Å²) in [6.45, 7) is 5.84. The Morgan fingerprint density at radius 3 is 2.35 bits per heavy atom. The summed E-state index contributed by atoms with van der Waals surface area (Å²) in [5.74, 6) is 1.76. The van der Waals surface area contributed by atoms with Gasteiger partial charge in [-0.1, -0.05) is 6.07 Å². The number of carbonyl (C=O) groups is 1. The summed E-state index contributed by atoms with van der Waals surface area (Å²) in [6, 6.07) is 10.7. The van der Waals surface area contributed by atoms with Crippen LogP contribution in [0.25, 0.3) is 0 Å². The van der Waals surface area contributed by atoms with Crippen LogP contribution in [-0.2, 0) is 0 Å². The first-order valence-electron chi connectivity index (χ1n) is 8.34. The molecule has 2 aromatic carbocycles. The molecule has 0 spiro atoms. The number of hydrogen-bond donors (Lipinski definition) is 1. The van der Waals surface area contributed by atoms with Gasteiger partial charge in [0.2, 0.25) is 0 Å². The molecule has 1 amide bonds. The van der Waals surface area contributed by atoms with Crippen LogP contribution in [0.2, 0.25) is 0 Å². The number of rotatable bonds is 7. The summed E-state index contributed by atoms with van der Waals surface area (Å²) in [4.78, 5) is 12.6. The highest BCUT2D eigenvalue weighted by atomic mass is 79.9. The highest BCUT2D eigenvalue weighted by Crippen LogP contribution is 2.31. The average Bonchev–Trinajstić information content (AvgIpc) is 2.61. The fraction of sp³-hybridized carbons (Fsp3) is 0.350. The Hall–Kier alpha value is -2.21. The van der Waals surface area contributed by atoms with Crippen LogP contribution >= 0.6 is 15.9 Å². The molecule has 0 fully saturated rings. The minimum atomic E-state index is -0.206. The zero-order chi connectivity index (χ0) is 19.3. The molecule has 2 aromatic rings. The molecular formula is C20H24BrNO4. The van der Waals surface area contributed by atoms with Crippen LogP contribution in [0.3, 0.4) is 0 Å². The van der Waals surface area contributed by atoms with E-state index in [2.05, 4.69) is 21.2 Å². The van der Waals surface area contributed by atoms with Gasteiger partial charge >= 0.3 is 0 Å². The molecule has 2 rings (SSSR count). The third-order valence-corrected chi connectivity index (χ3v) is 4.51. The fourth-order valence-corrected chi connectivity index (χ4v) is 2.89. The third kappa shape index (κ3) is 4.91. The second kappa shape index (κ2) is 8.94. The first-order valence-corrected chi connectivity index (χ1v) is 9.14. The molecule has 0 aliphatic heterocycles. The number of hydrogen-bond acceptors (Lipinski definition) is 4. The molecule has 5 nitrogen and oxygen atoms in total. The van der Waals surface area contributed by atoms with E-state index in [1.54, 1.807) is 32.4 Å². The molecule has 26 heavy (non-hydrogen) atoms. The van der Waals surface area contributed by atoms with Gasteiger partial charge in [0, 0.05) is 4.47 Å². The number of benzene rings is 2. The lowest BCUT2D eigenvalue weighted by Crippen LogP contribution is -2.27. The first-order chi connectivity index (χ1) is 12.3. The number of methoxy groups -OCH3 is 2. The van der Waals surface area contributed by atoms with Crippen LogP contribution in [0.1, 0.15) is 42.7 Å². The molecule has 6 heteroatoms. The maximum Gasteiger partial charge on any atom is 0.253 e. The lowest BCUT2D eigenvalue weighted by molar-refractivity contribution is 0.0938. The van der Waals surface area contributed by atoms with Gasteiger partial charge in [-0.15, -0.1) is 0 Å². The predicted octanol–water partition coefficient (Wildman–Crippen LogP) is 4.74. The zero-order valence-electron chi connectivity index (χ0n) is 15.6. The van der Waals surface area contributed by atoms with E-state index in [0.717, 1.165) is 5.56 Å². The van der Waals surface area contributed by atoms with Crippen LogP contribution in [0.15, 0.2) is 40.9 Å². The molecule has 0 saturated carbocycles. The highest BCUT2D eigenvalue weighted by molar-refractivity contribution is 9.10. The van der Waals surface area contributed by atoms with E-state index in [1.165, 1.54) is 0 Å². The summed E-state index contributed by atoms with van der Waals surface area (Å²) in [7, 11) is 3.17. The van der Waals surface area contributed by atoms with Gasteiger partial charge in [0.25, 0.3) is 5.91 Å². The maximum atomic E-state index is 12.6. The van der Waals surface area contributed by atoms with Crippen molar-refractivity contribution < 1.29 is 19.0 Å². The smallest absolute Gasteiger partial charge is 0.253 e. The average molecular weight is 422 g/mol. The summed E-state index contributed by atoms with van der Waals surface area (Å²) in [5.41, 5.74) is 1.44. The molecule has 1 N–H and O–H groups in total. The Morgan fingerprint density at radius 2 is 1.73 bits per heavy atom. The molecule has 1 atom stereocenters. The van der Waals surface area contributed by atoms with Gasteiger partial charge in [-0.25, -0.2) is 0 Å². The van der Waals surface area contributed by atoms with E-state index >= 15 is 0 Å². The zero-order valence-corrected chi connectivity index (χ0v) is 17.2. The highest BCUT2D eigenvalue weighted by Gasteiger charge is 2.17. The monoisotopic (exact) mass is 421 g/mol. The van der Waals surface area contributed by atoms with Gasteiger partial charge in [-0.3, -0.25) is 4.79 Å². The summed E-state index contributed by atoms with van der Waals surface area (Å²) < 4.78 is 17.0. The van der Waals surface area contributed by atoms with Crippen LogP contribution in [0.5, 0.6) is 17.2 Å². The van der Waals surface area contributed by atoms with E-state index in [-0.39, 0.29) is 18.1 Å². The van der Waals surface area contributed by atoms with Crippen molar-refractivity contribution in [3.8, 4) is 17.2 Å². The van der Waals surface area contributed by atoms with Gasteiger partial charge in [-0.2, -0.15) is 0 Å². The van der Waals surface area contributed by atoms with E-state index in [4.69, 9.17) is 14.2 Å². The number of ether oxygens (including phenoxy) is 3. The van der Waals surface area contributed by atoms with Crippen molar-refractivity contribution >= 4 is 21.8 Å². The Labute approximate surface area is 162 Å². The van der Waals surface area contributed by atoms with E-state index < -0.39 is 0 Å². The molecule has 0 radical (unpaired) electrons. The quantitative estimate of drug-likeness (QED) is 0.700. The van der Waals surface area contributed by atoms with Crippen molar-refractivity contribution in [3.63, 3.8) is 0 Å². The second-order valence-electron chi connectivity index (χ2n) is 6.12. The summed E-state index contributed by atoms with van der Waals surface area (Å²) in [6.07, 6.45) is 0.0530. The normalized spacial score (nSPS) is 11.8. The Kier molecular flexibility index (Phi) is 6.91. The van der Waals surface area contributed by atoms with E-state index in [9.17, 15) is 4.79 Å². The summed E-state index contributed by atoms with van der Waals surface area (Å²) in [5, 5.41) is 3.00. The van der Waals surface area contributed by atoms with Crippen molar-refractivity contribution in [3.05, 3.63) is 52.0 Å². The molecule has 0 saturated heterocycles. The number of amides is 1. The minimum Gasteiger partial charge on any atom is -0.497 e. The third-order valence-electron chi connectivity index (χ3n) is 3.82. The number of carbonyl (C=O) groups excluding carboxylic acids is 1. The Morgan fingerprint density at radius 1 is 1.00 bits per heavy atom. The lowest BCUT2D eigenvalue weighted by Gasteiger charge is -2.18. The summed E-state index contributed by atoms with van der Waals surface area (Å²) >= 11 is 3.41. The van der Waals surface area contributed by atoms with Crippen molar-refractivity contribution in [1.29, 1.82) is 0 Å². The maximum absolute atomic E-state index is 12.6. The van der Waals surface area contributed by atoms with E-state index in [1.807, 2.05) is 39.0 Å². The van der Waals surface area contributed by atoms with Gasteiger partial charge < -0.3 is 19.5 Å². The predicted molar refractivity (Wildman–Crippen MR) is 105 cm³/mol. The molecule has 0 aromatic heterocycles.